The lowest BCUT2D eigenvalue weighted by Crippen LogP contribution is -2.31. The molecule has 0 aliphatic rings. The summed E-state index contributed by atoms with van der Waals surface area (Å²) in [7, 11) is 0. The molecule has 4 aromatic rings. The van der Waals surface area contributed by atoms with Crippen LogP contribution in [0.1, 0.15) is 11.1 Å². The molecule has 0 saturated carbocycles. The summed E-state index contributed by atoms with van der Waals surface area (Å²) in [6.45, 7) is 0.686. The Hall–Kier alpha value is -4.27. The molecule has 2 aromatic carbocycles. The number of fused-ring (bicyclic) bond motifs is 1. The van der Waals surface area contributed by atoms with E-state index in [1.54, 1.807) is 0 Å². The maximum absolute atomic E-state index is 12.2. The van der Waals surface area contributed by atoms with E-state index >= 15 is 0 Å². The van der Waals surface area contributed by atoms with Crippen molar-refractivity contribution in [2.24, 2.45) is 0 Å². The predicted molar refractivity (Wildman–Crippen MR) is 114 cm³/mol. The molecule has 9 heteroatoms. The summed E-state index contributed by atoms with van der Waals surface area (Å²) in [6, 6.07) is 18.0. The van der Waals surface area contributed by atoms with Gasteiger partial charge >= 0.3 is 0 Å². The molecule has 0 radical (unpaired) electrons. The first-order valence-corrected chi connectivity index (χ1v) is 9.59. The Kier molecular flexibility index (Phi) is 5.57. The second-order valence-corrected chi connectivity index (χ2v) is 7.06. The van der Waals surface area contributed by atoms with Gasteiger partial charge in [0.05, 0.1) is 28.5 Å². The van der Waals surface area contributed by atoms with Gasteiger partial charge in [-0.2, -0.15) is 0 Å². The number of nitrogens with one attached hydrogen (secondary N) is 1. The number of hydrogen-bond donors (Lipinski definition) is 1. The number of carbonyl (C=O) groups is 1. The van der Waals surface area contributed by atoms with E-state index in [0.29, 0.717) is 6.54 Å². The normalized spacial score (nSPS) is 10.8. The smallest absolute Gasteiger partial charge is 0.285 e. The topological polar surface area (TPSA) is 112 Å². The Labute approximate surface area is 176 Å². The molecule has 0 unspecified atom stereocenters. The molecule has 4 rings (SSSR count). The van der Waals surface area contributed by atoms with Crippen molar-refractivity contribution in [1.82, 2.24) is 19.4 Å². The molecule has 0 atom stereocenters. The highest BCUT2D eigenvalue weighted by Crippen LogP contribution is 2.14. The summed E-state index contributed by atoms with van der Waals surface area (Å²) in [5.74, 6) is -0.406. The van der Waals surface area contributed by atoms with Crippen molar-refractivity contribution >= 4 is 22.6 Å². The first kappa shape index (κ1) is 20.0. The fraction of sp³-hybridized carbons (Fsp3) is 0.136. The van der Waals surface area contributed by atoms with Gasteiger partial charge < -0.3 is 9.88 Å². The molecule has 0 fully saturated rings. The van der Waals surface area contributed by atoms with Crippen LogP contribution in [-0.4, -0.2) is 24.9 Å². The summed E-state index contributed by atoms with van der Waals surface area (Å²) in [6.07, 6.45) is 2.88. The van der Waals surface area contributed by atoms with Crippen molar-refractivity contribution in [3.63, 3.8) is 0 Å². The van der Waals surface area contributed by atoms with E-state index in [-0.39, 0.29) is 18.8 Å². The van der Waals surface area contributed by atoms with E-state index in [1.165, 1.54) is 0 Å². The minimum Gasteiger partial charge on any atom is -0.350 e. The standard InChI is InChI=1S/C22H19N5O4/c28-21(14-25-13-18(27(30)31)9-10-22(25)29)23-11-16-5-7-17(8-6-16)12-26-15-24-19-3-1-2-4-20(19)26/h1-10,13,15H,11-12,14H2,(H,23,28). The third-order valence-electron chi connectivity index (χ3n) is 4.89. The van der Waals surface area contributed by atoms with Gasteiger partial charge in [-0.25, -0.2) is 4.98 Å². The predicted octanol–water partition coefficient (Wildman–Crippen LogP) is 2.47. The fourth-order valence-electron chi connectivity index (χ4n) is 3.26. The van der Waals surface area contributed by atoms with Gasteiger partial charge in [-0.3, -0.25) is 24.3 Å². The number of nitro groups is 1. The number of pyridine rings is 1. The molecule has 156 valence electrons. The minimum atomic E-state index is -0.609. The summed E-state index contributed by atoms with van der Waals surface area (Å²) >= 11 is 0. The molecule has 1 N–H and O–H groups in total. The molecule has 1 amide bonds. The fourth-order valence-corrected chi connectivity index (χ4v) is 3.26. The number of hydrogen-bond acceptors (Lipinski definition) is 5. The lowest BCUT2D eigenvalue weighted by molar-refractivity contribution is -0.385. The van der Waals surface area contributed by atoms with Crippen LogP contribution in [-0.2, 0) is 24.4 Å². The Bertz CT molecular complexity index is 1310. The Balaban J connectivity index is 1.35. The zero-order valence-corrected chi connectivity index (χ0v) is 16.5. The van der Waals surface area contributed by atoms with E-state index in [4.69, 9.17) is 0 Å². The Morgan fingerprint density at radius 3 is 2.52 bits per heavy atom. The number of aromatic nitrogens is 3. The maximum atomic E-state index is 12.2. The third-order valence-corrected chi connectivity index (χ3v) is 4.89. The second-order valence-electron chi connectivity index (χ2n) is 7.06. The van der Waals surface area contributed by atoms with Gasteiger partial charge in [-0.1, -0.05) is 36.4 Å². The van der Waals surface area contributed by atoms with Crippen LogP contribution in [0.3, 0.4) is 0 Å². The Morgan fingerprint density at radius 1 is 1.00 bits per heavy atom. The summed E-state index contributed by atoms with van der Waals surface area (Å²) in [5.41, 5.74) is 3.30. The van der Waals surface area contributed by atoms with Crippen molar-refractivity contribution < 1.29 is 9.72 Å². The summed E-state index contributed by atoms with van der Waals surface area (Å²) in [4.78, 5) is 38.6. The highest BCUT2D eigenvalue weighted by atomic mass is 16.6. The molecule has 0 saturated heterocycles. The van der Waals surface area contributed by atoms with Crippen molar-refractivity contribution in [2.75, 3.05) is 0 Å². The molecule has 0 aliphatic carbocycles. The van der Waals surface area contributed by atoms with E-state index < -0.39 is 16.4 Å². The molecular formula is C22H19N5O4. The van der Waals surface area contributed by atoms with Crippen LogP contribution >= 0.6 is 0 Å². The van der Waals surface area contributed by atoms with Crippen LogP contribution in [0.25, 0.3) is 11.0 Å². The highest BCUT2D eigenvalue weighted by molar-refractivity contribution is 5.76. The maximum Gasteiger partial charge on any atom is 0.285 e. The van der Waals surface area contributed by atoms with Crippen LogP contribution < -0.4 is 10.9 Å². The van der Waals surface area contributed by atoms with Crippen LogP contribution in [0.15, 0.2) is 78.0 Å². The molecule has 9 nitrogen and oxygen atoms in total. The number of carbonyl (C=O) groups excluding carboxylic acids is 1. The first-order chi connectivity index (χ1) is 15.0. The number of imidazole rings is 1. The third kappa shape index (κ3) is 4.67. The van der Waals surface area contributed by atoms with Gasteiger partial charge in [0.2, 0.25) is 5.91 Å². The van der Waals surface area contributed by atoms with E-state index in [1.807, 2.05) is 54.9 Å². The lowest BCUT2D eigenvalue weighted by Gasteiger charge is -2.09. The number of amides is 1. The molecule has 0 aliphatic heterocycles. The van der Waals surface area contributed by atoms with Crippen LogP contribution in [0.5, 0.6) is 0 Å². The summed E-state index contributed by atoms with van der Waals surface area (Å²) in [5, 5.41) is 13.6. The molecule has 0 bridgehead atoms. The zero-order chi connectivity index (χ0) is 21.8. The largest absolute Gasteiger partial charge is 0.350 e. The van der Waals surface area contributed by atoms with Gasteiger partial charge in [0.25, 0.3) is 11.2 Å². The number of benzene rings is 2. The van der Waals surface area contributed by atoms with Crippen molar-refractivity contribution in [3.05, 3.63) is 105 Å². The van der Waals surface area contributed by atoms with Gasteiger partial charge in [0.15, 0.2) is 0 Å². The number of para-hydroxylation sites is 2. The van der Waals surface area contributed by atoms with E-state index in [2.05, 4.69) is 14.9 Å². The highest BCUT2D eigenvalue weighted by Gasteiger charge is 2.10. The van der Waals surface area contributed by atoms with E-state index in [9.17, 15) is 19.7 Å². The van der Waals surface area contributed by atoms with Crippen molar-refractivity contribution in [2.45, 2.75) is 19.6 Å². The van der Waals surface area contributed by atoms with Crippen LogP contribution in [0, 0.1) is 10.1 Å². The van der Waals surface area contributed by atoms with Gasteiger partial charge in [0, 0.05) is 25.2 Å². The Morgan fingerprint density at radius 2 is 1.74 bits per heavy atom. The van der Waals surface area contributed by atoms with Crippen LogP contribution in [0.4, 0.5) is 5.69 Å². The average Bonchev–Trinajstić information content (AvgIpc) is 3.17. The monoisotopic (exact) mass is 417 g/mol. The van der Waals surface area contributed by atoms with Gasteiger partial charge in [0.1, 0.15) is 6.54 Å². The molecule has 2 aromatic heterocycles. The van der Waals surface area contributed by atoms with Gasteiger partial charge in [-0.15, -0.1) is 0 Å². The van der Waals surface area contributed by atoms with E-state index in [0.717, 1.165) is 45.1 Å². The van der Waals surface area contributed by atoms with Crippen LogP contribution in [0.2, 0.25) is 0 Å². The average molecular weight is 417 g/mol. The molecule has 0 spiro atoms. The molecule has 31 heavy (non-hydrogen) atoms. The molecular weight excluding hydrogens is 398 g/mol. The second kappa shape index (κ2) is 8.62. The quantitative estimate of drug-likeness (QED) is 0.367. The number of nitrogens with zero attached hydrogens (tertiary/aromatic N) is 4. The van der Waals surface area contributed by atoms with Crippen molar-refractivity contribution in [1.29, 1.82) is 0 Å². The SMILES string of the molecule is O=C(Cn1cc([N+](=O)[O-])ccc1=O)NCc1ccc(Cn2cnc3ccccc32)cc1. The van der Waals surface area contributed by atoms with Gasteiger partial charge in [-0.05, 0) is 23.3 Å². The van der Waals surface area contributed by atoms with Crippen molar-refractivity contribution in [3.8, 4) is 0 Å². The summed E-state index contributed by atoms with van der Waals surface area (Å²) < 4.78 is 3.09. The zero-order valence-electron chi connectivity index (χ0n) is 16.5. The minimum absolute atomic E-state index is 0.242. The first-order valence-electron chi connectivity index (χ1n) is 9.59. The molecule has 2 heterocycles. The number of rotatable bonds is 7. The lowest BCUT2D eigenvalue weighted by atomic mass is 10.1.